The molecule has 1 amide bonds. The molecule has 0 radical (unpaired) electrons. The highest BCUT2D eigenvalue weighted by Crippen LogP contribution is 2.38. The predicted octanol–water partition coefficient (Wildman–Crippen LogP) is 5.91. The Balaban J connectivity index is 2.02. The zero-order valence-corrected chi connectivity index (χ0v) is 17.2. The molecule has 3 aromatic rings. The molecular weight excluding hydrogens is 489 g/mol. The van der Waals surface area contributed by atoms with Gasteiger partial charge in [-0.25, -0.2) is 15.8 Å². The van der Waals surface area contributed by atoms with Crippen molar-refractivity contribution >= 4 is 34.9 Å². The largest absolute Gasteiger partial charge is 0.417 e. The maximum Gasteiger partial charge on any atom is 0.417 e. The molecule has 0 saturated carbocycles. The molecule has 0 fully saturated rings. The molecule has 0 aliphatic heterocycles. The minimum absolute atomic E-state index is 0.0697. The third-order valence-corrected chi connectivity index (χ3v) is 4.82. The van der Waals surface area contributed by atoms with Crippen LogP contribution in [0.5, 0.6) is 0 Å². The fraction of sp³-hybridized carbons (Fsp3) is 0.167. The van der Waals surface area contributed by atoms with Crippen LogP contribution in [0.2, 0.25) is 10.0 Å². The van der Waals surface area contributed by atoms with Crippen LogP contribution in [0, 0.1) is 6.92 Å². The third-order valence-electron chi connectivity index (χ3n) is 4.22. The first kappa shape index (κ1) is 23.8. The van der Waals surface area contributed by atoms with Crippen LogP contribution in [0.1, 0.15) is 27.2 Å². The van der Waals surface area contributed by atoms with Crippen molar-refractivity contribution < 1.29 is 35.7 Å². The highest BCUT2D eigenvalue weighted by Gasteiger charge is 2.34. The van der Waals surface area contributed by atoms with Crippen molar-refractivity contribution in [2.75, 3.05) is 5.01 Å². The number of aryl methyl sites for hydroxylation is 1. The Morgan fingerprint density at radius 3 is 2.16 bits per heavy atom. The number of nitrogens with zero attached hydrogens (tertiary/aromatic N) is 3. The van der Waals surface area contributed by atoms with Crippen molar-refractivity contribution in [3.63, 3.8) is 0 Å². The summed E-state index contributed by atoms with van der Waals surface area (Å²) < 4.78 is 82.0. The summed E-state index contributed by atoms with van der Waals surface area (Å²) in [5.41, 5.74) is -2.79. The molecular formula is C18H10Cl2F6N4O2. The van der Waals surface area contributed by atoms with Gasteiger partial charge in [-0.1, -0.05) is 34.4 Å². The highest BCUT2D eigenvalue weighted by atomic mass is 35.5. The summed E-state index contributed by atoms with van der Waals surface area (Å²) in [6, 6.07) is 2.90. The Kier molecular flexibility index (Phi) is 6.15. The molecule has 1 aromatic carbocycles. The molecule has 0 saturated heterocycles. The quantitative estimate of drug-likeness (QED) is 0.210. The summed E-state index contributed by atoms with van der Waals surface area (Å²) >= 11 is 11.8. The Bertz CT molecular complexity index is 1190. The number of pyridine rings is 1. The van der Waals surface area contributed by atoms with Gasteiger partial charge in [0.05, 0.1) is 21.2 Å². The van der Waals surface area contributed by atoms with E-state index in [-0.39, 0.29) is 27.6 Å². The van der Waals surface area contributed by atoms with E-state index in [9.17, 15) is 31.1 Å². The van der Waals surface area contributed by atoms with Gasteiger partial charge in [0.15, 0.2) is 5.82 Å². The van der Waals surface area contributed by atoms with Crippen LogP contribution < -0.4 is 10.9 Å². The van der Waals surface area contributed by atoms with Gasteiger partial charge in [0, 0.05) is 11.8 Å². The molecule has 0 aliphatic rings. The number of hydrogen-bond acceptors (Lipinski definition) is 5. The Hall–Kier alpha value is -2.83. The Morgan fingerprint density at radius 1 is 1.03 bits per heavy atom. The minimum atomic E-state index is -4.73. The molecule has 6 nitrogen and oxygen atoms in total. The van der Waals surface area contributed by atoms with E-state index in [0.717, 1.165) is 12.1 Å². The first-order valence-corrected chi connectivity index (χ1v) is 9.12. The first-order valence-electron chi connectivity index (χ1n) is 8.37. The standard InChI is InChI=1S/C18H10Cl2F6N4O2/c1-7-13(14(29-32-7)10-3-2-8(4-11(10)19)17(21,22)23)16(31)30(27)15-12(20)5-9(6-28-15)18(24,25)26/h2-6H,27H2,1H3. The van der Waals surface area contributed by atoms with E-state index in [4.69, 9.17) is 33.6 Å². The summed E-state index contributed by atoms with van der Waals surface area (Å²) in [5.74, 6) is 4.09. The van der Waals surface area contributed by atoms with E-state index < -0.39 is 40.2 Å². The Labute approximate surface area is 185 Å². The Morgan fingerprint density at radius 2 is 1.62 bits per heavy atom. The summed E-state index contributed by atoms with van der Waals surface area (Å²) in [4.78, 5) is 16.4. The lowest BCUT2D eigenvalue weighted by molar-refractivity contribution is -0.138. The second kappa shape index (κ2) is 8.26. The summed E-state index contributed by atoms with van der Waals surface area (Å²) in [6.45, 7) is 1.32. The third kappa shape index (κ3) is 4.52. The lowest BCUT2D eigenvalue weighted by Crippen LogP contribution is -2.39. The molecule has 2 heterocycles. The monoisotopic (exact) mass is 498 g/mol. The average Bonchev–Trinajstić information content (AvgIpc) is 3.06. The van der Waals surface area contributed by atoms with Gasteiger partial charge < -0.3 is 4.52 Å². The summed E-state index contributed by atoms with van der Waals surface area (Å²) in [7, 11) is 0. The SMILES string of the molecule is Cc1onc(-c2ccc(C(F)(F)F)cc2Cl)c1C(=O)N(N)c1ncc(C(F)(F)F)cc1Cl. The molecule has 3 rings (SSSR count). The van der Waals surface area contributed by atoms with Crippen molar-refractivity contribution in [2.24, 2.45) is 5.84 Å². The van der Waals surface area contributed by atoms with Crippen LogP contribution in [-0.2, 0) is 12.4 Å². The van der Waals surface area contributed by atoms with Crippen molar-refractivity contribution in [1.29, 1.82) is 0 Å². The molecule has 2 aromatic heterocycles. The van der Waals surface area contributed by atoms with E-state index >= 15 is 0 Å². The van der Waals surface area contributed by atoms with Crippen molar-refractivity contribution in [2.45, 2.75) is 19.3 Å². The average molecular weight is 499 g/mol. The zero-order valence-electron chi connectivity index (χ0n) is 15.6. The number of alkyl halides is 6. The maximum absolute atomic E-state index is 12.9. The second-order valence-electron chi connectivity index (χ2n) is 6.36. The van der Waals surface area contributed by atoms with E-state index in [0.29, 0.717) is 23.3 Å². The highest BCUT2D eigenvalue weighted by molar-refractivity contribution is 6.34. The predicted molar refractivity (Wildman–Crippen MR) is 102 cm³/mol. The molecule has 14 heteroatoms. The number of carbonyl (C=O) groups excluding carboxylic acids is 1. The zero-order chi connectivity index (χ0) is 24.0. The molecule has 0 atom stereocenters. The topological polar surface area (TPSA) is 85.2 Å². The smallest absolute Gasteiger partial charge is 0.360 e. The lowest BCUT2D eigenvalue weighted by Gasteiger charge is -2.18. The minimum Gasteiger partial charge on any atom is -0.360 e. The maximum atomic E-state index is 12.9. The van der Waals surface area contributed by atoms with Gasteiger partial charge in [-0.2, -0.15) is 26.3 Å². The van der Waals surface area contributed by atoms with Gasteiger partial charge >= 0.3 is 12.4 Å². The number of benzene rings is 1. The van der Waals surface area contributed by atoms with Crippen molar-refractivity contribution in [3.8, 4) is 11.3 Å². The van der Waals surface area contributed by atoms with Gasteiger partial charge in [0.25, 0.3) is 5.91 Å². The van der Waals surface area contributed by atoms with E-state index in [1.165, 1.54) is 6.92 Å². The fourth-order valence-electron chi connectivity index (χ4n) is 2.67. The summed E-state index contributed by atoms with van der Waals surface area (Å²) in [5, 5.41) is 3.07. The fourth-order valence-corrected chi connectivity index (χ4v) is 3.20. The lowest BCUT2D eigenvalue weighted by atomic mass is 10.0. The number of nitrogens with two attached hydrogens (primary N) is 1. The van der Waals surface area contributed by atoms with Gasteiger partial charge in [-0.05, 0) is 25.1 Å². The molecule has 0 bridgehead atoms. The van der Waals surface area contributed by atoms with E-state index in [1.807, 2.05) is 0 Å². The van der Waals surface area contributed by atoms with Gasteiger partial charge in [0.1, 0.15) is 17.0 Å². The van der Waals surface area contributed by atoms with Crippen LogP contribution in [0.15, 0.2) is 35.0 Å². The van der Waals surface area contributed by atoms with Crippen molar-refractivity contribution in [3.05, 3.63) is 63.0 Å². The number of amides is 1. The first-order chi connectivity index (χ1) is 14.7. The van der Waals surface area contributed by atoms with Gasteiger partial charge in [0.2, 0.25) is 0 Å². The van der Waals surface area contributed by atoms with E-state index in [1.54, 1.807) is 0 Å². The van der Waals surface area contributed by atoms with Gasteiger partial charge in [-0.3, -0.25) is 4.79 Å². The normalized spacial score (nSPS) is 12.2. The van der Waals surface area contributed by atoms with Crippen molar-refractivity contribution in [1.82, 2.24) is 10.1 Å². The number of carbonyl (C=O) groups is 1. The molecule has 0 unspecified atom stereocenters. The number of rotatable bonds is 3. The van der Waals surface area contributed by atoms with Crippen LogP contribution >= 0.6 is 23.2 Å². The second-order valence-corrected chi connectivity index (χ2v) is 7.17. The molecule has 0 spiro atoms. The number of anilines is 1. The van der Waals surface area contributed by atoms with Crippen LogP contribution in [0.25, 0.3) is 11.3 Å². The summed E-state index contributed by atoms with van der Waals surface area (Å²) in [6.07, 6.45) is -8.95. The van der Waals surface area contributed by atoms with Gasteiger partial charge in [-0.15, -0.1) is 0 Å². The van der Waals surface area contributed by atoms with Crippen LogP contribution in [0.3, 0.4) is 0 Å². The van der Waals surface area contributed by atoms with Crippen LogP contribution in [0.4, 0.5) is 32.2 Å². The number of hydrogen-bond donors (Lipinski definition) is 1. The number of aromatic nitrogens is 2. The van der Waals surface area contributed by atoms with Crippen LogP contribution in [-0.4, -0.2) is 16.0 Å². The number of hydrazine groups is 1. The van der Waals surface area contributed by atoms with E-state index in [2.05, 4.69) is 10.1 Å². The number of halogens is 8. The molecule has 170 valence electrons. The molecule has 0 aliphatic carbocycles. The molecule has 32 heavy (non-hydrogen) atoms. The molecule has 2 N–H and O–H groups in total.